The number of nitrogens with one attached hydrogen (secondary N) is 1. The fraction of sp³-hybridized carbons (Fsp3) is 0.150. The molecule has 0 radical (unpaired) electrons. The minimum Gasteiger partial charge on any atom is -0.494 e. The molecule has 0 aliphatic heterocycles. The smallest absolute Gasteiger partial charge is 0.413 e. The van der Waals surface area contributed by atoms with Gasteiger partial charge in [0.15, 0.2) is 5.88 Å². The van der Waals surface area contributed by atoms with Gasteiger partial charge in [0.1, 0.15) is 11.6 Å². The summed E-state index contributed by atoms with van der Waals surface area (Å²) < 4.78 is 33.8. The Hall–Kier alpha value is -3.27. The van der Waals surface area contributed by atoms with Gasteiger partial charge in [0, 0.05) is 21.0 Å². The molecule has 0 aliphatic rings. The summed E-state index contributed by atoms with van der Waals surface area (Å²) in [4.78, 5) is 36.3. The fourth-order valence-corrected chi connectivity index (χ4v) is 3.32. The van der Waals surface area contributed by atoms with E-state index in [1.165, 1.54) is 18.2 Å². The summed E-state index contributed by atoms with van der Waals surface area (Å²) in [6.07, 6.45) is -1.57. The van der Waals surface area contributed by atoms with E-state index in [2.05, 4.69) is 20.7 Å². The van der Waals surface area contributed by atoms with Crippen LogP contribution in [0.1, 0.15) is 11.1 Å². The number of alkyl carbamates (subject to hydrolysis) is 1. The van der Waals surface area contributed by atoms with E-state index in [1.54, 1.807) is 6.07 Å². The topological polar surface area (TPSA) is 97.6 Å². The van der Waals surface area contributed by atoms with Crippen molar-refractivity contribution in [1.29, 1.82) is 0 Å². The normalized spacial score (nSPS) is 10.8. The van der Waals surface area contributed by atoms with Crippen molar-refractivity contribution in [3.8, 4) is 5.88 Å². The van der Waals surface area contributed by atoms with E-state index < -0.39 is 41.5 Å². The van der Waals surface area contributed by atoms with Crippen LogP contribution in [0.5, 0.6) is 5.88 Å². The second-order valence-electron chi connectivity index (χ2n) is 6.34. The summed E-state index contributed by atoms with van der Waals surface area (Å²) >= 11 is 3.14. The van der Waals surface area contributed by atoms with Crippen molar-refractivity contribution in [2.75, 3.05) is 7.11 Å². The predicted molar refractivity (Wildman–Crippen MR) is 107 cm³/mol. The van der Waals surface area contributed by atoms with Crippen LogP contribution in [-0.4, -0.2) is 28.8 Å². The molecule has 3 aromatic rings. The highest BCUT2D eigenvalue weighted by molar-refractivity contribution is 9.10. The van der Waals surface area contributed by atoms with Crippen LogP contribution in [0.15, 0.2) is 45.7 Å². The Morgan fingerprint density at radius 2 is 1.90 bits per heavy atom. The zero-order chi connectivity index (χ0) is 22.0. The number of rotatable bonds is 4. The maximum atomic E-state index is 14.3. The number of aromatic hydroxyl groups is 1. The van der Waals surface area contributed by atoms with Crippen LogP contribution < -0.4 is 10.9 Å². The quantitative estimate of drug-likeness (QED) is 0.597. The molecule has 1 aromatic heterocycles. The van der Waals surface area contributed by atoms with Crippen molar-refractivity contribution in [2.24, 2.45) is 0 Å². The molecule has 0 spiro atoms. The van der Waals surface area contributed by atoms with Crippen molar-refractivity contribution < 1.29 is 28.2 Å². The third kappa shape index (κ3) is 4.33. The molecule has 2 aromatic carbocycles. The Morgan fingerprint density at radius 3 is 2.57 bits per heavy atom. The molecule has 0 fully saturated rings. The largest absolute Gasteiger partial charge is 0.494 e. The summed E-state index contributed by atoms with van der Waals surface area (Å²) in [5.41, 5.74) is -0.674. The standard InChI is InChI=1S/C20H15BrF2N2O5/c1-30-20(29)24-17(26)8-15-14-7-12(22)4-5-13(14)18(27)25(19(15)28)9-10-2-3-11(21)6-16(10)23/h2-7,28H,8-9H2,1H3,(H,24,26,29). The van der Waals surface area contributed by atoms with E-state index in [9.17, 15) is 28.3 Å². The zero-order valence-electron chi connectivity index (χ0n) is 15.5. The molecule has 0 atom stereocenters. The summed E-state index contributed by atoms with van der Waals surface area (Å²) in [5, 5.41) is 12.7. The third-order valence-electron chi connectivity index (χ3n) is 4.42. The van der Waals surface area contributed by atoms with E-state index in [0.717, 1.165) is 23.8 Å². The number of carbonyl (C=O) groups is 2. The number of hydrogen-bond donors (Lipinski definition) is 2. The lowest BCUT2D eigenvalue weighted by molar-refractivity contribution is -0.119. The van der Waals surface area contributed by atoms with Gasteiger partial charge in [0.25, 0.3) is 5.56 Å². The lowest BCUT2D eigenvalue weighted by atomic mass is 10.0. The molecule has 1 heterocycles. The molecular formula is C20H15BrF2N2O5. The van der Waals surface area contributed by atoms with E-state index in [-0.39, 0.29) is 28.4 Å². The average molecular weight is 481 g/mol. The molecule has 7 nitrogen and oxygen atoms in total. The number of halogens is 3. The second-order valence-corrected chi connectivity index (χ2v) is 7.25. The van der Waals surface area contributed by atoms with Crippen LogP contribution >= 0.6 is 15.9 Å². The van der Waals surface area contributed by atoms with Crippen molar-refractivity contribution in [3.63, 3.8) is 0 Å². The van der Waals surface area contributed by atoms with Crippen LogP contribution in [0, 0.1) is 11.6 Å². The Balaban J connectivity index is 2.16. The van der Waals surface area contributed by atoms with Gasteiger partial charge in [-0.05, 0) is 35.7 Å². The predicted octanol–water partition coefficient (Wildman–Crippen LogP) is 3.22. The van der Waals surface area contributed by atoms with Crippen molar-refractivity contribution >= 4 is 38.7 Å². The molecule has 30 heavy (non-hydrogen) atoms. The van der Waals surface area contributed by atoms with Gasteiger partial charge in [-0.15, -0.1) is 0 Å². The first-order chi connectivity index (χ1) is 14.2. The number of ether oxygens (including phenoxy) is 1. The van der Waals surface area contributed by atoms with Gasteiger partial charge in [0.05, 0.1) is 20.1 Å². The zero-order valence-corrected chi connectivity index (χ0v) is 17.1. The van der Waals surface area contributed by atoms with Crippen LogP contribution in [0.4, 0.5) is 13.6 Å². The van der Waals surface area contributed by atoms with Gasteiger partial charge < -0.3 is 9.84 Å². The summed E-state index contributed by atoms with van der Waals surface area (Å²) in [5.74, 6) is -2.78. The highest BCUT2D eigenvalue weighted by Crippen LogP contribution is 2.27. The van der Waals surface area contributed by atoms with Gasteiger partial charge >= 0.3 is 6.09 Å². The Bertz CT molecular complexity index is 1230. The molecule has 0 unspecified atom stereocenters. The number of benzene rings is 2. The number of aromatic nitrogens is 1. The van der Waals surface area contributed by atoms with Crippen LogP contribution in [0.2, 0.25) is 0 Å². The monoisotopic (exact) mass is 480 g/mol. The van der Waals surface area contributed by atoms with E-state index in [4.69, 9.17) is 0 Å². The van der Waals surface area contributed by atoms with Crippen LogP contribution in [-0.2, 0) is 22.5 Å². The minimum absolute atomic E-state index is 0.00467. The van der Waals surface area contributed by atoms with E-state index in [0.29, 0.717) is 4.47 Å². The van der Waals surface area contributed by atoms with Gasteiger partial charge in [0.2, 0.25) is 5.91 Å². The lowest BCUT2D eigenvalue weighted by Crippen LogP contribution is -2.32. The molecular weight excluding hydrogens is 466 g/mol. The van der Waals surface area contributed by atoms with Crippen LogP contribution in [0.25, 0.3) is 10.8 Å². The van der Waals surface area contributed by atoms with Crippen molar-refractivity contribution in [1.82, 2.24) is 9.88 Å². The first kappa shape index (κ1) is 21.4. The Morgan fingerprint density at radius 1 is 1.17 bits per heavy atom. The number of nitrogens with zero attached hydrogens (tertiary/aromatic N) is 1. The van der Waals surface area contributed by atoms with Gasteiger partial charge in [-0.2, -0.15) is 0 Å². The molecule has 2 amide bonds. The molecule has 0 bridgehead atoms. The molecule has 0 saturated carbocycles. The Kier molecular flexibility index (Phi) is 6.16. The molecule has 3 rings (SSSR count). The highest BCUT2D eigenvalue weighted by atomic mass is 79.9. The maximum Gasteiger partial charge on any atom is 0.413 e. The summed E-state index contributed by atoms with van der Waals surface area (Å²) in [7, 11) is 1.07. The number of carbonyl (C=O) groups excluding carboxylic acids is 2. The first-order valence-electron chi connectivity index (χ1n) is 8.57. The van der Waals surface area contributed by atoms with Crippen LogP contribution in [0.3, 0.4) is 0 Å². The number of hydrogen-bond acceptors (Lipinski definition) is 5. The molecule has 0 aliphatic carbocycles. The molecule has 156 valence electrons. The number of imide groups is 1. The fourth-order valence-electron chi connectivity index (χ4n) is 2.99. The van der Waals surface area contributed by atoms with Crippen molar-refractivity contribution in [2.45, 2.75) is 13.0 Å². The minimum atomic E-state index is -1.01. The number of methoxy groups -OCH3 is 1. The first-order valence-corrected chi connectivity index (χ1v) is 9.36. The van der Waals surface area contributed by atoms with E-state index in [1.807, 2.05) is 5.32 Å². The third-order valence-corrected chi connectivity index (χ3v) is 4.91. The summed E-state index contributed by atoms with van der Waals surface area (Å²) in [6.45, 7) is -0.331. The summed E-state index contributed by atoms with van der Waals surface area (Å²) in [6, 6.07) is 7.48. The maximum absolute atomic E-state index is 14.3. The van der Waals surface area contributed by atoms with Gasteiger partial charge in [-0.1, -0.05) is 22.0 Å². The lowest BCUT2D eigenvalue weighted by Gasteiger charge is -2.16. The average Bonchev–Trinajstić information content (AvgIpc) is 2.69. The van der Waals surface area contributed by atoms with Crippen molar-refractivity contribution in [3.05, 3.63) is 74.0 Å². The molecule has 2 N–H and O–H groups in total. The molecule has 0 saturated heterocycles. The van der Waals surface area contributed by atoms with E-state index >= 15 is 0 Å². The molecule has 10 heteroatoms. The number of amides is 2. The van der Waals surface area contributed by atoms with Gasteiger partial charge in [-0.25, -0.2) is 13.6 Å². The number of fused-ring (bicyclic) bond motifs is 1. The number of pyridine rings is 1. The Labute approximate surface area is 177 Å². The SMILES string of the molecule is COC(=O)NC(=O)Cc1c(O)n(Cc2ccc(Br)cc2F)c(=O)c2ccc(F)cc12. The highest BCUT2D eigenvalue weighted by Gasteiger charge is 2.21. The van der Waals surface area contributed by atoms with Gasteiger partial charge in [-0.3, -0.25) is 19.5 Å². The second kappa shape index (κ2) is 8.62.